The first-order valence-corrected chi connectivity index (χ1v) is 3.88. The fourth-order valence-corrected chi connectivity index (χ4v) is 0.582. The Bertz CT molecular complexity index is 156. The lowest BCUT2D eigenvalue weighted by Gasteiger charge is -2.24. The summed E-state index contributed by atoms with van der Waals surface area (Å²) in [5, 5.41) is 11.5. The van der Waals surface area contributed by atoms with E-state index in [0.29, 0.717) is 0 Å². The van der Waals surface area contributed by atoms with Crippen LogP contribution >= 0.6 is 0 Å². The number of nitrogens with one attached hydrogen (secondary N) is 1. The van der Waals surface area contributed by atoms with Gasteiger partial charge in [-0.3, -0.25) is 4.79 Å². The molecule has 0 aliphatic carbocycles. The van der Waals surface area contributed by atoms with Gasteiger partial charge < -0.3 is 15.2 Å². The van der Waals surface area contributed by atoms with Gasteiger partial charge in [0.2, 0.25) is 5.91 Å². The van der Waals surface area contributed by atoms with Gasteiger partial charge in [0.05, 0.1) is 12.1 Å². The molecule has 1 amide bonds. The number of amides is 1. The summed E-state index contributed by atoms with van der Waals surface area (Å²) in [6.45, 7) is 5.05. The van der Waals surface area contributed by atoms with E-state index in [2.05, 4.69) is 5.32 Å². The summed E-state index contributed by atoms with van der Waals surface area (Å²) in [6.07, 6.45) is -0.476. The predicted molar refractivity (Wildman–Crippen MR) is 45.8 cm³/mol. The van der Waals surface area contributed by atoms with Gasteiger partial charge in [0.25, 0.3) is 0 Å². The second-order valence-corrected chi connectivity index (χ2v) is 3.41. The topological polar surface area (TPSA) is 58.6 Å². The van der Waals surface area contributed by atoms with Gasteiger partial charge in [-0.05, 0) is 20.8 Å². The van der Waals surface area contributed by atoms with Crippen molar-refractivity contribution in [3.63, 3.8) is 0 Å². The molecule has 0 aromatic carbocycles. The molecule has 0 aliphatic rings. The van der Waals surface area contributed by atoms with Crippen LogP contribution in [0.25, 0.3) is 0 Å². The van der Waals surface area contributed by atoms with E-state index in [1.165, 1.54) is 7.11 Å². The number of hydrogen-bond acceptors (Lipinski definition) is 3. The Morgan fingerprint density at radius 3 is 2.50 bits per heavy atom. The number of carbonyl (C=O) groups is 1. The summed E-state index contributed by atoms with van der Waals surface area (Å²) < 4.78 is 4.81. The van der Waals surface area contributed by atoms with E-state index >= 15 is 0 Å². The number of rotatable bonds is 4. The van der Waals surface area contributed by atoms with Crippen molar-refractivity contribution in [1.82, 2.24) is 5.32 Å². The Morgan fingerprint density at radius 1 is 1.67 bits per heavy atom. The van der Waals surface area contributed by atoms with Crippen LogP contribution in [0.1, 0.15) is 20.8 Å². The SMILES string of the molecule is COC(C)C(=O)NC(C)(C)CO. The summed E-state index contributed by atoms with van der Waals surface area (Å²) in [5.41, 5.74) is -0.579. The largest absolute Gasteiger partial charge is 0.394 e. The van der Waals surface area contributed by atoms with Gasteiger partial charge in [-0.15, -0.1) is 0 Å². The number of carbonyl (C=O) groups excluding carboxylic acids is 1. The van der Waals surface area contributed by atoms with E-state index in [4.69, 9.17) is 9.84 Å². The van der Waals surface area contributed by atoms with E-state index in [1.54, 1.807) is 20.8 Å². The van der Waals surface area contributed by atoms with Crippen LogP contribution in [0.2, 0.25) is 0 Å². The van der Waals surface area contributed by atoms with Crippen molar-refractivity contribution in [2.75, 3.05) is 13.7 Å². The maximum Gasteiger partial charge on any atom is 0.249 e. The average Bonchev–Trinajstić information content (AvgIpc) is 2.02. The minimum absolute atomic E-state index is 0.0881. The highest BCUT2D eigenvalue weighted by Crippen LogP contribution is 2.01. The van der Waals surface area contributed by atoms with Crippen molar-refractivity contribution >= 4 is 5.91 Å². The Balaban J connectivity index is 4.00. The number of aliphatic hydroxyl groups excluding tert-OH is 1. The molecule has 72 valence electrons. The lowest BCUT2D eigenvalue weighted by atomic mass is 10.1. The lowest BCUT2D eigenvalue weighted by molar-refractivity contribution is -0.132. The minimum Gasteiger partial charge on any atom is -0.394 e. The van der Waals surface area contributed by atoms with Gasteiger partial charge in [-0.2, -0.15) is 0 Å². The predicted octanol–water partition coefficient (Wildman–Crippen LogP) is -0.0916. The van der Waals surface area contributed by atoms with E-state index in [9.17, 15) is 4.79 Å². The molecule has 0 rings (SSSR count). The number of aliphatic hydroxyl groups is 1. The Morgan fingerprint density at radius 2 is 2.17 bits per heavy atom. The molecule has 4 nitrogen and oxygen atoms in total. The molecule has 2 N–H and O–H groups in total. The number of ether oxygens (including phenoxy) is 1. The molecule has 0 spiro atoms. The van der Waals surface area contributed by atoms with E-state index in [0.717, 1.165) is 0 Å². The van der Waals surface area contributed by atoms with E-state index in [-0.39, 0.29) is 12.5 Å². The minimum atomic E-state index is -0.579. The van der Waals surface area contributed by atoms with Crippen molar-refractivity contribution in [1.29, 1.82) is 0 Å². The molecule has 0 saturated carbocycles. The Kier molecular flexibility index (Phi) is 4.20. The molecule has 0 fully saturated rings. The van der Waals surface area contributed by atoms with Crippen LogP contribution in [0.4, 0.5) is 0 Å². The second-order valence-electron chi connectivity index (χ2n) is 3.41. The normalized spacial score (nSPS) is 14.1. The van der Waals surface area contributed by atoms with Crippen molar-refractivity contribution in [2.45, 2.75) is 32.4 Å². The molecule has 0 bridgehead atoms. The highest BCUT2D eigenvalue weighted by molar-refractivity contribution is 5.81. The molecule has 0 aromatic rings. The van der Waals surface area contributed by atoms with Crippen molar-refractivity contribution < 1.29 is 14.6 Å². The van der Waals surface area contributed by atoms with Crippen molar-refractivity contribution in [2.24, 2.45) is 0 Å². The zero-order valence-electron chi connectivity index (χ0n) is 8.05. The fraction of sp³-hybridized carbons (Fsp3) is 0.875. The van der Waals surface area contributed by atoms with Crippen molar-refractivity contribution in [3.05, 3.63) is 0 Å². The third-order valence-electron chi connectivity index (χ3n) is 1.58. The Labute approximate surface area is 72.9 Å². The van der Waals surface area contributed by atoms with E-state index in [1.807, 2.05) is 0 Å². The average molecular weight is 175 g/mol. The lowest BCUT2D eigenvalue weighted by Crippen LogP contribution is -2.49. The molecule has 1 unspecified atom stereocenters. The molecule has 0 saturated heterocycles. The van der Waals surface area contributed by atoms with Gasteiger partial charge in [-0.1, -0.05) is 0 Å². The highest BCUT2D eigenvalue weighted by Gasteiger charge is 2.22. The summed E-state index contributed by atoms with van der Waals surface area (Å²) in [6, 6.07) is 0. The monoisotopic (exact) mass is 175 g/mol. The van der Waals surface area contributed by atoms with Crippen LogP contribution in [-0.2, 0) is 9.53 Å². The zero-order chi connectivity index (χ0) is 9.78. The summed E-state index contributed by atoms with van der Waals surface area (Å²) >= 11 is 0. The molecule has 0 aromatic heterocycles. The van der Waals surface area contributed by atoms with Gasteiger partial charge >= 0.3 is 0 Å². The van der Waals surface area contributed by atoms with Crippen LogP contribution in [0, 0.1) is 0 Å². The van der Waals surface area contributed by atoms with Crippen molar-refractivity contribution in [3.8, 4) is 0 Å². The van der Waals surface area contributed by atoms with Gasteiger partial charge in [-0.25, -0.2) is 0 Å². The Hall–Kier alpha value is -0.610. The molecular weight excluding hydrogens is 158 g/mol. The van der Waals surface area contributed by atoms with Crippen LogP contribution in [0.5, 0.6) is 0 Å². The highest BCUT2D eigenvalue weighted by atomic mass is 16.5. The first kappa shape index (κ1) is 11.4. The number of methoxy groups -OCH3 is 1. The maximum atomic E-state index is 11.2. The molecule has 4 heteroatoms. The van der Waals surface area contributed by atoms with Gasteiger partial charge in [0.1, 0.15) is 6.10 Å². The van der Waals surface area contributed by atoms with Crippen LogP contribution in [-0.4, -0.2) is 36.4 Å². The van der Waals surface area contributed by atoms with Gasteiger partial charge in [0.15, 0.2) is 0 Å². The second kappa shape index (κ2) is 4.42. The summed E-state index contributed by atoms with van der Waals surface area (Å²) in [5.74, 6) is -0.212. The first-order valence-electron chi connectivity index (χ1n) is 3.88. The quantitative estimate of drug-likeness (QED) is 0.627. The zero-order valence-corrected chi connectivity index (χ0v) is 8.05. The standard InChI is InChI=1S/C8H17NO3/c1-6(12-4)7(11)9-8(2,3)5-10/h6,10H,5H2,1-4H3,(H,9,11). The number of hydrogen-bond donors (Lipinski definition) is 2. The van der Waals surface area contributed by atoms with Crippen LogP contribution in [0.15, 0.2) is 0 Å². The smallest absolute Gasteiger partial charge is 0.249 e. The third-order valence-corrected chi connectivity index (χ3v) is 1.58. The third kappa shape index (κ3) is 3.69. The molecule has 12 heavy (non-hydrogen) atoms. The molecule has 0 heterocycles. The van der Waals surface area contributed by atoms with E-state index < -0.39 is 11.6 Å². The van der Waals surface area contributed by atoms with Crippen LogP contribution in [0.3, 0.4) is 0 Å². The molecular formula is C8H17NO3. The molecule has 0 aliphatic heterocycles. The summed E-state index contributed by atoms with van der Waals surface area (Å²) in [7, 11) is 1.47. The van der Waals surface area contributed by atoms with Crippen LogP contribution < -0.4 is 5.32 Å². The first-order chi connectivity index (χ1) is 5.43. The molecule has 0 radical (unpaired) electrons. The van der Waals surface area contributed by atoms with Gasteiger partial charge in [0, 0.05) is 7.11 Å². The maximum absolute atomic E-state index is 11.2. The molecule has 1 atom stereocenters. The fourth-order valence-electron chi connectivity index (χ4n) is 0.582. The summed E-state index contributed by atoms with van der Waals surface area (Å²) in [4.78, 5) is 11.2.